The van der Waals surface area contributed by atoms with Crippen molar-refractivity contribution in [3.05, 3.63) is 90.0 Å². The molecule has 1 aliphatic rings. The molecular formula is C30H34F3N5O. The van der Waals surface area contributed by atoms with Crippen LogP contribution in [0.2, 0.25) is 0 Å². The summed E-state index contributed by atoms with van der Waals surface area (Å²) in [6.07, 6.45) is 7.35. The number of carbonyl (C=O) groups excluding carboxylic acids is 1. The van der Waals surface area contributed by atoms with Gasteiger partial charge in [-0.3, -0.25) is 14.8 Å². The third kappa shape index (κ3) is 7.44. The maximum absolute atomic E-state index is 13.5. The number of alkyl halides is 3. The van der Waals surface area contributed by atoms with Gasteiger partial charge in [-0.05, 0) is 74.2 Å². The molecule has 2 aromatic heterocycles. The molecule has 0 bridgehead atoms. The molecule has 1 saturated heterocycles. The van der Waals surface area contributed by atoms with Gasteiger partial charge < -0.3 is 14.7 Å². The summed E-state index contributed by atoms with van der Waals surface area (Å²) in [4.78, 5) is 28.3. The van der Waals surface area contributed by atoms with Crippen molar-refractivity contribution in [3.8, 4) is 0 Å². The number of benzene rings is 1. The van der Waals surface area contributed by atoms with Crippen LogP contribution < -0.4 is 4.90 Å². The molecular weight excluding hydrogens is 503 g/mol. The Morgan fingerprint density at radius 1 is 1.03 bits per heavy atom. The van der Waals surface area contributed by atoms with Crippen molar-refractivity contribution in [1.82, 2.24) is 19.8 Å². The lowest BCUT2D eigenvalue weighted by atomic mass is 10.0. The first-order valence-electron chi connectivity index (χ1n) is 13.1. The van der Waals surface area contributed by atoms with E-state index < -0.39 is 11.7 Å². The topological polar surface area (TPSA) is 52.6 Å². The number of likely N-dealkylation sites (tertiary alicyclic amines) is 1. The number of aromatic nitrogens is 2. The number of halogens is 3. The maximum Gasteiger partial charge on any atom is 0.416 e. The van der Waals surface area contributed by atoms with Crippen molar-refractivity contribution >= 4 is 23.4 Å². The second-order valence-electron chi connectivity index (χ2n) is 10.1. The normalized spacial score (nSPS) is 15.2. The molecule has 1 aromatic carbocycles. The maximum atomic E-state index is 13.5. The molecule has 1 aliphatic heterocycles. The number of rotatable bonds is 8. The second kappa shape index (κ2) is 12.4. The summed E-state index contributed by atoms with van der Waals surface area (Å²) < 4.78 is 38.7. The Hall–Kier alpha value is -3.72. The first-order valence-corrected chi connectivity index (χ1v) is 13.1. The summed E-state index contributed by atoms with van der Waals surface area (Å²) in [5.41, 5.74) is 2.58. The Labute approximate surface area is 227 Å². The van der Waals surface area contributed by atoms with Crippen molar-refractivity contribution in [3.63, 3.8) is 0 Å². The predicted octanol–water partition coefficient (Wildman–Crippen LogP) is 6.18. The van der Waals surface area contributed by atoms with Gasteiger partial charge in [-0.15, -0.1) is 0 Å². The number of hydrogen-bond donors (Lipinski definition) is 0. The van der Waals surface area contributed by atoms with Gasteiger partial charge in [0.1, 0.15) is 0 Å². The summed E-state index contributed by atoms with van der Waals surface area (Å²) in [6.45, 7) is 6.53. The smallest absolute Gasteiger partial charge is 0.343 e. The van der Waals surface area contributed by atoms with Crippen LogP contribution in [0.25, 0.3) is 6.08 Å². The van der Waals surface area contributed by atoms with Gasteiger partial charge in [0.05, 0.1) is 17.4 Å². The van der Waals surface area contributed by atoms with Crippen molar-refractivity contribution < 1.29 is 18.0 Å². The van der Waals surface area contributed by atoms with E-state index in [0.29, 0.717) is 18.2 Å². The number of nitrogens with zero attached hydrogens (tertiary/aromatic N) is 5. The number of piperidine rings is 1. The number of anilines is 2. The molecule has 9 heteroatoms. The van der Waals surface area contributed by atoms with E-state index in [1.54, 1.807) is 30.9 Å². The average Bonchev–Trinajstić information content (AvgIpc) is 2.94. The molecule has 0 radical (unpaired) electrons. The zero-order valence-corrected chi connectivity index (χ0v) is 22.5. The number of pyridine rings is 2. The summed E-state index contributed by atoms with van der Waals surface area (Å²) >= 11 is 0. The van der Waals surface area contributed by atoms with Crippen LogP contribution in [-0.2, 0) is 17.5 Å². The van der Waals surface area contributed by atoms with E-state index in [0.717, 1.165) is 55.0 Å². The lowest BCUT2D eigenvalue weighted by Gasteiger charge is -2.39. The van der Waals surface area contributed by atoms with Crippen LogP contribution in [0.1, 0.15) is 43.4 Å². The zero-order chi connectivity index (χ0) is 28.0. The molecule has 6 nitrogen and oxygen atoms in total. The Bertz CT molecular complexity index is 1250. The van der Waals surface area contributed by atoms with E-state index in [-0.39, 0.29) is 11.9 Å². The van der Waals surface area contributed by atoms with Crippen molar-refractivity contribution in [1.29, 1.82) is 0 Å². The molecule has 3 heterocycles. The first-order chi connectivity index (χ1) is 18.6. The molecule has 0 atom stereocenters. The number of carbonyl (C=O) groups is 1. The minimum atomic E-state index is -4.40. The van der Waals surface area contributed by atoms with E-state index in [1.807, 2.05) is 35.0 Å². The van der Waals surface area contributed by atoms with Crippen LogP contribution in [0.5, 0.6) is 0 Å². The van der Waals surface area contributed by atoms with E-state index in [2.05, 4.69) is 28.7 Å². The highest BCUT2D eigenvalue weighted by Gasteiger charge is 2.30. The van der Waals surface area contributed by atoms with E-state index in [9.17, 15) is 18.0 Å². The van der Waals surface area contributed by atoms with Gasteiger partial charge in [0, 0.05) is 69.1 Å². The summed E-state index contributed by atoms with van der Waals surface area (Å²) in [5.74, 6) is -0.175. The molecule has 1 fully saturated rings. The van der Waals surface area contributed by atoms with Crippen LogP contribution in [0.15, 0.2) is 73.3 Å². The molecule has 3 aromatic rings. The fraction of sp³-hybridized carbons (Fsp3) is 0.367. The van der Waals surface area contributed by atoms with Gasteiger partial charge >= 0.3 is 6.18 Å². The lowest BCUT2D eigenvalue weighted by Crippen LogP contribution is -2.48. The Morgan fingerprint density at radius 3 is 2.31 bits per heavy atom. The number of hydrogen-bond acceptors (Lipinski definition) is 5. The van der Waals surface area contributed by atoms with Gasteiger partial charge in [0.15, 0.2) is 0 Å². The fourth-order valence-corrected chi connectivity index (χ4v) is 4.80. The summed E-state index contributed by atoms with van der Waals surface area (Å²) in [5, 5.41) is 0. The van der Waals surface area contributed by atoms with E-state index in [4.69, 9.17) is 0 Å². The van der Waals surface area contributed by atoms with Gasteiger partial charge in [-0.1, -0.05) is 12.1 Å². The summed E-state index contributed by atoms with van der Waals surface area (Å²) in [7, 11) is 1.95. The SMILES string of the molecule is CC(C)N1CCC(N(Cc2cncc(N(C)c3ccncc3)c2)C(=O)C=Cc2ccc(C(F)(F)F)cc2)CC1. The third-order valence-corrected chi connectivity index (χ3v) is 7.18. The molecule has 1 amide bonds. The van der Waals surface area contributed by atoms with Crippen LogP contribution in [0, 0.1) is 0 Å². The Balaban J connectivity index is 1.54. The van der Waals surface area contributed by atoms with Gasteiger partial charge in [-0.25, -0.2) is 0 Å². The summed E-state index contributed by atoms with van der Waals surface area (Å²) in [6, 6.07) is 11.1. The van der Waals surface area contributed by atoms with E-state index in [1.165, 1.54) is 18.2 Å². The quantitative estimate of drug-likeness (QED) is 0.321. The average molecular weight is 538 g/mol. The van der Waals surface area contributed by atoms with Crippen LogP contribution in [0.4, 0.5) is 24.5 Å². The molecule has 0 unspecified atom stereocenters. The highest BCUT2D eigenvalue weighted by Crippen LogP contribution is 2.29. The zero-order valence-electron chi connectivity index (χ0n) is 22.5. The molecule has 0 aliphatic carbocycles. The first kappa shape index (κ1) is 28.3. The standard InChI is InChI=1S/C30H34F3N5O/c1-22(2)37-16-12-27(13-17-37)38(29(39)9-6-23-4-7-25(8-5-23)30(31,32)33)21-24-18-28(20-35-19-24)36(3)26-10-14-34-15-11-26/h4-11,14-15,18-20,22,27H,12-13,16-17,21H2,1-3H3. The Kier molecular flexibility index (Phi) is 9.01. The fourth-order valence-electron chi connectivity index (χ4n) is 4.80. The van der Waals surface area contributed by atoms with Crippen molar-refractivity contribution in [2.75, 3.05) is 25.0 Å². The lowest BCUT2D eigenvalue weighted by molar-refractivity contribution is -0.137. The molecule has 206 valence electrons. The molecule has 39 heavy (non-hydrogen) atoms. The highest BCUT2D eigenvalue weighted by molar-refractivity contribution is 5.92. The van der Waals surface area contributed by atoms with Crippen molar-refractivity contribution in [2.45, 2.75) is 51.5 Å². The highest BCUT2D eigenvalue weighted by atomic mass is 19.4. The van der Waals surface area contributed by atoms with Gasteiger partial charge in [-0.2, -0.15) is 13.2 Å². The predicted molar refractivity (Wildman–Crippen MR) is 147 cm³/mol. The molecule has 0 N–H and O–H groups in total. The number of amides is 1. The van der Waals surface area contributed by atoms with Gasteiger partial charge in [0.2, 0.25) is 5.91 Å². The van der Waals surface area contributed by atoms with E-state index >= 15 is 0 Å². The molecule has 0 spiro atoms. The van der Waals surface area contributed by atoms with Crippen molar-refractivity contribution in [2.24, 2.45) is 0 Å². The van der Waals surface area contributed by atoms with Crippen LogP contribution >= 0.6 is 0 Å². The molecule has 4 rings (SSSR count). The van der Waals surface area contributed by atoms with Crippen LogP contribution in [-0.4, -0.2) is 57.9 Å². The largest absolute Gasteiger partial charge is 0.416 e. The third-order valence-electron chi connectivity index (χ3n) is 7.18. The Morgan fingerprint density at radius 2 is 1.69 bits per heavy atom. The molecule has 0 saturated carbocycles. The minimum absolute atomic E-state index is 0.0475. The monoisotopic (exact) mass is 537 g/mol. The van der Waals surface area contributed by atoms with Crippen LogP contribution in [0.3, 0.4) is 0 Å². The second-order valence-corrected chi connectivity index (χ2v) is 10.1. The van der Waals surface area contributed by atoms with Gasteiger partial charge in [0.25, 0.3) is 0 Å². The minimum Gasteiger partial charge on any atom is -0.343 e.